The summed E-state index contributed by atoms with van der Waals surface area (Å²) < 4.78 is 15.6. The molecule has 3 amide bonds. The first-order valence-corrected chi connectivity index (χ1v) is 10.5. The lowest BCUT2D eigenvalue weighted by atomic mass is 9.79. The standard InChI is InChI=1S/C22H31N3O7/c1-5-30-18(27)22(12-9-13-25(15-22)20(29)32-21(2,3)4)17(26)23-24-19(28)31-14-16-10-7-6-8-11-16/h6-8,10-11H,5,9,12-15H2,1-4H3,(H,23,26)(H,24,28). The van der Waals surface area contributed by atoms with E-state index in [2.05, 4.69) is 10.9 Å². The summed E-state index contributed by atoms with van der Waals surface area (Å²) in [5, 5.41) is 0. The minimum atomic E-state index is -1.68. The van der Waals surface area contributed by atoms with Gasteiger partial charge in [0.05, 0.1) is 6.61 Å². The monoisotopic (exact) mass is 449 g/mol. The van der Waals surface area contributed by atoms with Gasteiger partial charge in [-0.15, -0.1) is 0 Å². The third kappa shape index (κ3) is 6.86. The molecule has 1 heterocycles. The van der Waals surface area contributed by atoms with Gasteiger partial charge in [0.15, 0.2) is 5.41 Å². The van der Waals surface area contributed by atoms with E-state index in [4.69, 9.17) is 14.2 Å². The van der Waals surface area contributed by atoms with Gasteiger partial charge in [-0.3, -0.25) is 15.0 Å². The lowest BCUT2D eigenvalue weighted by Crippen LogP contribution is -2.60. The summed E-state index contributed by atoms with van der Waals surface area (Å²) in [5.41, 5.74) is 2.75. The van der Waals surface area contributed by atoms with Crippen molar-refractivity contribution in [1.82, 2.24) is 15.8 Å². The normalized spacial score (nSPS) is 18.3. The smallest absolute Gasteiger partial charge is 0.426 e. The minimum absolute atomic E-state index is 0.0119. The summed E-state index contributed by atoms with van der Waals surface area (Å²) in [6.45, 7) is 6.98. The Morgan fingerprint density at radius 3 is 2.38 bits per heavy atom. The molecule has 1 fully saturated rings. The molecule has 1 atom stereocenters. The number of amides is 3. The average molecular weight is 450 g/mol. The molecule has 10 nitrogen and oxygen atoms in total. The molecule has 1 aliphatic heterocycles. The first-order chi connectivity index (χ1) is 15.1. The lowest BCUT2D eigenvalue weighted by molar-refractivity contribution is -0.165. The lowest BCUT2D eigenvalue weighted by Gasteiger charge is -2.39. The molecule has 0 saturated carbocycles. The van der Waals surface area contributed by atoms with Crippen molar-refractivity contribution in [3.63, 3.8) is 0 Å². The number of piperidine rings is 1. The average Bonchev–Trinajstić information content (AvgIpc) is 2.75. The van der Waals surface area contributed by atoms with Crippen molar-refractivity contribution in [3.05, 3.63) is 35.9 Å². The van der Waals surface area contributed by atoms with E-state index in [9.17, 15) is 19.2 Å². The highest BCUT2D eigenvalue weighted by atomic mass is 16.6. The van der Waals surface area contributed by atoms with Crippen LogP contribution in [0, 0.1) is 5.41 Å². The van der Waals surface area contributed by atoms with E-state index in [1.807, 2.05) is 6.07 Å². The molecule has 0 bridgehead atoms. The van der Waals surface area contributed by atoms with Gasteiger partial charge < -0.3 is 19.1 Å². The summed E-state index contributed by atoms with van der Waals surface area (Å²) in [6.07, 6.45) is -0.989. The SMILES string of the molecule is CCOC(=O)C1(C(=O)NNC(=O)OCc2ccccc2)CCCN(C(=O)OC(C)(C)C)C1. The molecule has 2 rings (SSSR count). The molecular weight excluding hydrogens is 418 g/mol. The van der Waals surface area contributed by atoms with Crippen molar-refractivity contribution in [2.45, 2.75) is 52.7 Å². The highest BCUT2D eigenvalue weighted by molar-refractivity contribution is 6.03. The number of hydrogen-bond acceptors (Lipinski definition) is 7. The molecule has 1 unspecified atom stereocenters. The summed E-state index contributed by atoms with van der Waals surface area (Å²) in [5.74, 6) is -1.56. The maximum Gasteiger partial charge on any atom is 0.426 e. The van der Waals surface area contributed by atoms with Crippen molar-refractivity contribution in [1.29, 1.82) is 0 Å². The van der Waals surface area contributed by atoms with Crippen LogP contribution in [0.3, 0.4) is 0 Å². The third-order valence-electron chi connectivity index (χ3n) is 4.74. The zero-order valence-corrected chi connectivity index (χ0v) is 18.9. The Hall–Kier alpha value is -3.30. The number of ether oxygens (including phenoxy) is 3. The molecule has 2 N–H and O–H groups in total. The molecule has 10 heteroatoms. The number of nitrogens with one attached hydrogen (secondary N) is 2. The highest BCUT2D eigenvalue weighted by Gasteiger charge is 2.51. The van der Waals surface area contributed by atoms with Crippen LogP contribution in [0.1, 0.15) is 46.1 Å². The van der Waals surface area contributed by atoms with E-state index in [-0.39, 0.29) is 26.2 Å². The van der Waals surface area contributed by atoms with Gasteiger partial charge >= 0.3 is 18.2 Å². The van der Waals surface area contributed by atoms with Crippen molar-refractivity contribution < 1.29 is 33.4 Å². The number of carbonyl (C=O) groups is 4. The molecule has 0 radical (unpaired) electrons. The van der Waals surface area contributed by atoms with Crippen LogP contribution < -0.4 is 10.9 Å². The predicted molar refractivity (Wildman–Crippen MR) is 114 cm³/mol. The van der Waals surface area contributed by atoms with Crippen LogP contribution in [-0.2, 0) is 30.4 Å². The van der Waals surface area contributed by atoms with Crippen LogP contribution in [0.15, 0.2) is 30.3 Å². The molecule has 0 aromatic heterocycles. The zero-order chi connectivity index (χ0) is 23.8. The second-order valence-electron chi connectivity index (χ2n) is 8.45. The topological polar surface area (TPSA) is 123 Å². The number of hydrogen-bond donors (Lipinski definition) is 2. The highest BCUT2D eigenvalue weighted by Crippen LogP contribution is 2.33. The Balaban J connectivity index is 2.04. The quantitative estimate of drug-likeness (QED) is 0.306. The van der Waals surface area contributed by atoms with Gasteiger partial charge in [0.25, 0.3) is 5.91 Å². The molecular formula is C22H31N3O7. The number of nitrogens with zero attached hydrogens (tertiary/aromatic N) is 1. The summed E-state index contributed by atoms with van der Waals surface area (Å²) in [6, 6.07) is 9.02. The molecule has 1 aromatic rings. The number of likely N-dealkylation sites (tertiary alicyclic amines) is 1. The fraction of sp³-hybridized carbons (Fsp3) is 0.545. The first kappa shape index (κ1) is 25.0. The van der Waals surface area contributed by atoms with E-state index in [0.717, 1.165) is 5.56 Å². The summed E-state index contributed by atoms with van der Waals surface area (Å²) in [7, 11) is 0. The van der Waals surface area contributed by atoms with Gasteiger partial charge in [-0.05, 0) is 46.1 Å². The van der Waals surface area contributed by atoms with Gasteiger partial charge in [0.2, 0.25) is 0 Å². The molecule has 1 aliphatic rings. The Morgan fingerprint density at radius 2 is 1.75 bits per heavy atom. The second-order valence-corrected chi connectivity index (χ2v) is 8.45. The number of benzene rings is 1. The number of rotatable bonds is 5. The van der Waals surface area contributed by atoms with Gasteiger partial charge in [0, 0.05) is 13.1 Å². The third-order valence-corrected chi connectivity index (χ3v) is 4.74. The fourth-order valence-corrected chi connectivity index (χ4v) is 3.24. The molecule has 0 aliphatic carbocycles. The maximum absolute atomic E-state index is 13.0. The van der Waals surface area contributed by atoms with Crippen molar-refractivity contribution in [3.8, 4) is 0 Å². The Kier molecular flexibility index (Phi) is 8.45. The van der Waals surface area contributed by atoms with Crippen LogP contribution in [0.25, 0.3) is 0 Å². The van der Waals surface area contributed by atoms with Gasteiger partial charge in [-0.2, -0.15) is 0 Å². The van der Waals surface area contributed by atoms with Crippen LogP contribution in [0.5, 0.6) is 0 Å². The minimum Gasteiger partial charge on any atom is -0.465 e. The fourth-order valence-electron chi connectivity index (χ4n) is 3.24. The van der Waals surface area contributed by atoms with E-state index < -0.39 is 35.1 Å². The summed E-state index contributed by atoms with van der Waals surface area (Å²) >= 11 is 0. The summed E-state index contributed by atoms with van der Waals surface area (Å²) in [4.78, 5) is 51.6. The molecule has 1 aromatic carbocycles. The Bertz CT molecular complexity index is 823. The van der Waals surface area contributed by atoms with Crippen LogP contribution in [0.4, 0.5) is 9.59 Å². The number of carbonyl (C=O) groups excluding carboxylic acids is 4. The zero-order valence-electron chi connectivity index (χ0n) is 18.9. The Morgan fingerprint density at radius 1 is 1.06 bits per heavy atom. The predicted octanol–water partition coefficient (Wildman–Crippen LogP) is 2.52. The van der Waals surface area contributed by atoms with Crippen LogP contribution in [-0.4, -0.2) is 54.3 Å². The first-order valence-electron chi connectivity index (χ1n) is 10.5. The molecule has 176 valence electrons. The van der Waals surface area contributed by atoms with E-state index in [0.29, 0.717) is 13.0 Å². The van der Waals surface area contributed by atoms with Crippen molar-refractivity contribution >= 4 is 24.1 Å². The molecule has 1 saturated heterocycles. The maximum atomic E-state index is 13.0. The number of esters is 1. The van der Waals surface area contributed by atoms with Crippen LogP contribution >= 0.6 is 0 Å². The molecule has 32 heavy (non-hydrogen) atoms. The van der Waals surface area contributed by atoms with E-state index in [1.165, 1.54) is 4.90 Å². The van der Waals surface area contributed by atoms with E-state index in [1.54, 1.807) is 52.0 Å². The number of hydrazine groups is 1. The molecule has 0 spiro atoms. The largest absolute Gasteiger partial charge is 0.465 e. The van der Waals surface area contributed by atoms with Gasteiger partial charge in [0.1, 0.15) is 12.2 Å². The van der Waals surface area contributed by atoms with Gasteiger partial charge in [-0.1, -0.05) is 30.3 Å². The Labute approximate surface area is 187 Å². The van der Waals surface area contributed by atoms with E-state index >= 15 is 0 Å². The van der Waals surface area contributed by atoms with Crippen molar-refractivity contribution in [2.24, 2.45) is 5.41 Å². The van der Waals surface area contributed by atoms with Crippen LogP contribution in [0.2, 0.25) is 0 Å². The second kappa shape index (κ2) is 10.8. The van der Waals surface area contributed by atoms with Gasteiger partial charge in [-0.25, -0.2) is 15.0 Å². The van der Waals surface area contributed by atoms with Crippen molar-refractivity contribution in [2.75, 3.05) is 19.7 Å².